The van der Waals surface area contributed by atoms with Crippen LogP contribution in [0.4, 0.5) is 0 Å². The van der Waals surface area contributed by atoms with Crippen molar-refractivity contribution in [1.82, 2.24) is 5.32 Å². The quantitative estimate of drug-likeness (QED) is 0.915. The van der Waals surface area contributed by atoms with Crippen LogP contribution in [0.2, 0.25) is 0 Å². The molecule has 0 aliphatic heterocycles. The van der Waals surface area contributed by atoms with Crippen molar-refractivity contribution in [2.45, 2.75) is 25.8 Å². The molecule has 2 aromatic carbocycles. The number of rotatable bonds is 3. The van der Waals surface area contributed by atoms with E-state index in [0.717, 1.165) is 12.8 Å². The second-order valence-corrected chi connectivity index (χ2v) is 5.62. The van der Waals surface area contributed by atoms with Gasteiger partial charge in [-0.05, 0) is 43.0 Å². The fourth-order valence-electron chi connectivity index (χ4n) is 3.00. The number of phenols is 1. The van der Waals surface area contributed by atoms with Crippen molar-refractivity contribution in [1.29, 1.82) is 0 Å². The predicted octanol–water partition coefficient (Wildman–Crippen LogP) is 3.13. The second kappa shape index (κ2) is 5.72. The number of methoxy groups -OCH3 is 1. The number of benzene rings is 2. The molecule has 1 aliphatic carbocycles. The summed E-state index contributed by atoms with van der Waals surface area (Å²) < 4.78 is 5.05. The Hall–Kier alpha value is -2.49. The molecule has 0 saturated heterocycles. The maximum Gasteiger partial charge on any atom is 0.255 e. The molecule has 114 valence electrons. The van der Waals surface area contributed by atoms with Crippen molar-refractivity contribution in [3.8, 4) is 11.5 Å². The highest BCUT2D eigenvalue weighted by atomic mass is 16.5. The molecule has 2 N–H and O–H groups in total. The van der Waals surface area contributed by atoms with Crippen LogP contribution in [0.15, 0.2) is 36.4 Å². The Morgan fingerprint density at radius 2 is 2.14 bits per heavy atom. The Kier molecular flexibility index (Phi) is 3.75. The van der Waals surface area contributed by atoms with E-state index in [1.54, 1.807) is 18.2 Å². The zero-order valence-corrected chi connectivity index (χ0v) is 12.7. The first-order valence-corrected chi connectivity index (χ1v) is 7.36. The Bertz CT molecular complexity index is 724. The minimum absolute atomic E-state index is 0.00583. The maximum absolute atomic E-state index is 12.4. The second-order valence-electron chi connectivity index (χ2n) is 5.62. The van der Waals surface area contributed by atoms with Crippen LogP contribution in [0, 0.1) is 6.92 Å². The lowest BCUT2D eigenvalue weighted by molar-refractivity contribution is 0.0933. The molecule has 1 amide bonds. The topological polar surface area (TPSA) is 58.6 Å². The molecule has 4 nitrogen and oxygen atoms in total. The first-order valence-electron chi connectivity index (χ1n) is 7.36. The van der Waals surface area contributed by atoms with Gasteiger partial charge in [-0.25, -0.2) is 0 Å². The van der Waals surface area contributed by atoms with Gasteiger partial charge in [0, 0.05) is 0 Å². The summed E-state index contributed by atoms with van der Waals surface area (Å²) in [5.41, 5.74) is 3.93. The van der Waals surface area contributed by atoms with Gasteiger partial charge in [-0.3, -0.25) is 4.79 Å². The van der Waals surface area contributed by atoms with Crippen LogP contribution in [0.25, 0.3) is 0 Å². The van der Waals surface area contributed by atoms with Gasteiger partial charge in [0.05, 0.1) is 18.7 Å². The number of phenolic OH excluding ortho intramolecular Hbond substituents is 1. The van der Waals surface area contributed by atoms with Gasteiger partial charge in [0.25, 0.3) is 5.91 Å². The minimum atomic E-state index is -0.283. The lowest BCUT2D eigenvalue weighted by Crippen LogP contribution is -2.27. The standard InChI is InChI=1S/C18H19NO3/c1-11-6-8-13-12(10-11)7-9-15(13)19-18(21)14-4-3-5-16(22-2)17(14)20/h3-6,8,10,15,20H,7,9H2,1-2H3,(H,19,21)/t15-/m1/s1. The zero-order chi connectivity index (χ0) is 15.7. The summed E-state index contributed by atoms with van der Waals surface area (Å²) in [6.45, 7) is 2.07. The predicted molar refractivity (Wildman–Crippen MR) is 84.4 cm³/mol. The molecular weight excluding hydrogens is 278 g/mol. The fraction of sp³-hybridized carbons (Fsp3) is 0.278. The molecule has 0 radical (unpaired) electrons. The summed E-state index contributed by atoms with van der Waals surface area (Å²) >= 11 is 0. The van der Waals surface area contributed by atoms with Gasteiger partial charge < -0.3 is 15.2 Å². The number of aryl methyl sites for hydroxylation is 2. The summed E-state index contributed by atoms with van der Waals surface area (Å²) in [4.78, 5) is 12.4. The summed E-state index contributed by atoms with van der Waals surface area (Å²) in [5.74, 6) is -0.102. The van der Waals surface area contributed by atoms with Crippen LogP contribution in [0.5, 0.6) is 11.5 Å². The molecule has 0 unspecified atom stereocenters. The highest BCUT2D eigenvalue weighted by molar-refractivity contribution is 5.97. The lowest BCUT2D eigenvalue weighted by atomic mass is 10.0. The van der Waals surface area contributed by atoms with Gasteiger partial charge in [0.15, 0.2) is 11.5 Å². The Balaban J connectivity index is 1.82. The monoisotopic (exact) mass is 297 g/mol. The normalized spacial score (nSPS) is 16.2. The number of carbonyl (C=O) groups is 1. The van der Waals surface area contributed by atoms with Gasteiger partial charge >= 0.3 is 0 Å². The van der Waals surface area contributed by atoms with Gasteiger partial charge in [0.2, 0.25) is 0 Å². The van der Waals surface area contributed by atoms with Crippen LogP contribution >= 0.6 is 0 Å². The third-order valence-electron chi connectivity index (χ3n) is 4.15. The van der Waals surface area contributed by atoms with Crippen LogP contribution in [-0.2, 0) is 6.42 Å². The third kappa shape index (κ3) is 2.52. The average Bonchev–Trinajstić information content (AvgIpc) is 2.89. The molecule has 0 fully saturated rings. The number of fused-ring (bicyclic) bond motifs is 1. The number of amides is 1. The summed E-state index contributed by atoms with van der Waals surface area (Å²) in [7, 11) is 1.46. The van der Waals surface area contributed by atoms with Crippen molar-refractivity contribution in [2.24, 2.45) is 0 Å². The van der Waals surface area contributed by atoms with E-state index in [1.165, 1.54) is 23.8 Å². The van der Waals surface area contributed by atoms with Crippen LogP contribution in [-0.4, -0.2) is 18.1 Å². The van der Waals surface area contributed by atoms with E-state index in [-0.39, 0.29) is 23.3 Å². The molecule has 1 aliphatic rings. The molecule has 22 heavy (non-hydrogen) atoms. The van der Waals surface area contributed by atoms with E-state index in [9.17, 15) is 9.90 Å². The molecule has 0 heterocycles. The number of para-hydroxylation sites is 1. The van der Waals surface area contributed by atoms with E-state index in [4.69, 9.17) is 4.74 Å². The van der Waals surface area contributed by atoms with Crippen molar-refractivity contribution >= 4 is 5.91 Å². The summed E-state index contributed by atoms with van der Waals surface area (Å²) in [6, 6.07) is 11.2. The van der Waals surface area contributed by atoms with Crippen LogP contribution < -0.4 is 10.1 Å². The van der Waals surface area contributed by atoms with E-state index < -0.39 is 0 Å². The third-order valence-corrected chi connectivity index (χ3v) is 4.15. The minimum Gasteiger partial charge on any atom is -0.504 e. The molecular formula is C18H19NO3. The Morgan fingerprint density at radius 3 is 2.91 bits per heavy atom. The molecule has 4 heteroatoms. The first kappa shape index (κ1) is 14.4. The van der Waals surface area contributed by atoms with Gasteiger partial charge in [0.1, 0.15) is 0 Å². The Labute approximate surface area is 129 Å². The molecule has 1 atom stereocenters. The van der Waals surface area contributed by atoms with E-state index in [2.05, 4.69) is 30.4 Å². The van der Waals surface area contributed by atoms with Gasteiger partial charge in [-0.1, -0.05) is 29.8 Å². The highest BCUT2D eigenvalue weighted by Gasteiger charge is 2.25. The molecule has 2 aromatic rings. The summed E-state index contributed by atoms with van der Waals surface area (Å²) in [6.07, 6.45) is 1.85. The number of hydrogen-bond donors (Lipinski definition) is 2. The van der Waals surface area contributed by atoms with E-state index in [1.807, 2.05) is 0 Å². The van der Waals surface area contributed by atoms with Crippen LogP contribution in [0.3, 0.4) is 0 Å². The largest absolute Gasteiger partial charge is 0.504 e. The highest BCUT2D eigenvalue weighted by Crippen LogP contribution is 2.33. The molecule has 3 rings (SSSR count). The first-order chi connectivity index (χ1) is 10.6. The maximum atomic E-state index is 12.4. The van der Waals surface area contributed by atoms with E-state index in [0.29, 0.717) is 5.75 Å². The number of carbonyl (C=O) groups excluding carboxylic acids is 1. The van der Waals surface area contributed by atoms with Crippen LogP contribution in [0.1, 0.15) is 39.5 Å². The van der Waals surface area contributed by atoms with Crippen molar-refractivity contribution in [2.75, 3.05) is 7.11 Å². The smallest absolute Gasteiger partial charge is 0.255 e. The molecule has 0 aromatic heterocycles. The molecule has 0 spiro atoms. The van der Waals surface area contributed by atoms with Crippen molar-refractivity contribution in [3.63, 3.8) is 0 Å². The number of ether oxygens (including phenoxy) is 1. The SMILES string of the molecule is COc1cccc(C(=O)N[C@@H]2CCc3cc(C)ccc32)c1O. The van der Waals surface area contributed by atoms with Crippen molar-refractivity contribution in [3.05, 3.63) is 58.7 Å². The number of hydrogen-bond acceptors (Lipinski definition) is 3. The number of aromatic hydroxyl groups is 1. The summed E-state index contributed by atoms with van der Waals surface area (Å²) in [5, 5.41) is 13.1. The average molecular weight is 297 g/mol. The Morgan fingerprint density at radius 1 is 1.32 bits per heavy atom. The van der Waals surface area contributed by atoms with Crippen molar-refractivity contribution < 1.29 is 14.6 Å². The number of nitrogens with one attached hydrogen (secondary N) is 1. The molecule has 0 bridgehead atoms. The fourth-order valence-corrected chi connectivity index (χ4v) is 3.00. The van der Waals surface area contributed by atoms with E-state index >= 15 is 0 Å². The molecule has 0 saturated carbocycles. The zero-order valence-electron chi connectivity index (χ0n) is 12.7. The van der Waals surface area contributed by atoms with Gasteiger partial charge in [-0.2, -0.15) is 0 Å². The van der Waals surface area contributed by atoms with Gasteiger partial charge in [-0.15, -0.1) is 0 Å². The lowest BCUT2D eigenvalue weighted by Gasteiger charge is -2.15.